The molecule has 0 bridgehead atoms. The molecule has 3 atom stereocenters. The maximum atomic E-state index is 5.83. The predicted octanol–water partition coefficient (Wildman–Crippen LogP) is 0.625. The number of ether oxygens (including phenoxy) is 2. The van der Waals surface area contributed by atoms with E-state index in [1.807, 2.05) is 12.1 Å². The van der Waals surface area contributed by atoms with Gasteiger partial charge in [-0.3, -0.25) is 4.90 Å². The zero-order chi connectivity index (χ0) is 12.3. The molecule has 0 saturated carbocycles. The van der Waals surface area contributed by atoms with Crippen molar-refractivity contribution in [2.75, 3.05) is 33.9 Å². The van der Waals surface area contributed by atoms with E-state index in [1.54, 1.807) is 20.5 Å². The van der Waals surface area contributed by atoms with Gasteiger partial charge in [0.15, 0.2) is 0 Å². The summed E-state index contributed by atoms with van der Waals surface area (Å²) in [4.78, 5) is 2.25. The minimum absolute atomic E-state index is 0.0998. The fourth-order valence-electron chi connectivity index (χ4n) is 2.41. The van der Waals surface area contributed by atoms with Crippen LogP contribution in [-0.4, -0.2) is 51.0 Å². The summed E-state index contributed by atoms with van der Waals surface area (Å²) < 4.78 is 16.3. The van der Waals surface area contributed by atoms with Gasteiger partial charge in [0.25, 0.3) is 0 Å². The standard InChI is InChI=1S/C12H20N2O3/c1-15-11-7-14(8-12(11)16-2)9(6-13)10-4-3-5-17-10/h3-5,9,11-12H,6-8,13H2,1-2H3. The maximum absolute atomic E-state index is 5.83. The van der Waals surface area contributed by atoms with Crippen LogP contribution in [0.3, 0.4) is 0 Å². The number of hydrogen-bond donors (Lipinski definition) is 1. The van der Waals surface area contributed by atoms with Crippen molar-refractivity contribution in [3.8, 4) is 0 Å². The summed E-state index contributed by atoms with van der Waals surface area (Å²) in [5, 5.41) is 0. The van der Waals surface area contributed by atoms with Gasteiger partial charge in [-0.15, -0.1) is 0 Å². The monoisotopic (exact) mass is 240 g/mol. The molecule has 96 valence electrons. The first-order chi connectivity index (χ1) is 8.30. The lowest BCUT2D eigenvalue weighted by Crippen LogP contribution is -2.32. The van der Waals surface area contributed by atoms with Crippen molar-refractivity contribution in [1.82, 2.24) is 4.90 Å². The molecule has 1 fully saturated rings. The third kappa shape index (κ3) is 2.52. The quantitative estimate of drug-likeness (QED) is 0.817. The van der Waals surface area contributed by atoms with Crippen LogP contribution in [0.2, 0.25) is 0 Å². The van der Waals surface area contributed by atoms with Gasteiger partial charge < -0.3 is 19.6 Å². The fraction of sp³-hybridized carbons (Fsp3) is 0.667. The van der Waals surface area contributed by atoms with Crippen molar-refractivity contribution < 1.29 is 13.9 Å². The Balaban J connectivity index is 2.07. The summed E-state index contributed by atoms with van der Waals surface area (Å²) in [5.74, 6) is 0.902. The van der Waals surface area contributed by atoms with Gasteiger partial charge in [0.1, 0.15) is 5.76 Å². The molecule has 0 radical (unpaired) electrons. The fourth-order valence-corrected chi connectivity index (χ4v) is 2.41. The van der Waals surface area contributed by atoms with Gasteiger partial charge in [0, 0.05) is 33.9 Å². The topological polar surface area (TPSA) is 60.9 Å². The number of furan rings is 1. The van der Waals surface area contributed by atoms with Crippen molar-refractivity contribution in [3.63, 3.8) is 0 Å². The number of likely N-dealkylation sites (tertiary alicyclic amines) is 1. The van der Waals surface area contributed by atoms with Crippen molar-refractivity contribution in [3.05, 3.63) is 24.2 Å². The highest BCUT2D eigenvalue weighted by Crippen LogP contribution is 2.26. The molecular formula is C12H20N2O3. The van der Waals surface area contributed by atoms with Crippen LogP contribution < -0.4 is 5.73 Å². The highest BCUT2D eigenvalue weighted by molar-refractivity contribution is 5.07. The zero-order valence-corrected chi connectivity index (χ0v) is 10.3. The first kappa shape index (κ1) is 12.6. The lowest BCUT2D eigenvalue weighted by Gasteiger charge is -2.24. The van der Waals surface area contributed by atoms with Crippen molar-refractivity contribution in [1.29, 1.82) is 0 Å². The zero-order valence-electron chi connectivity index (χ0n) is 10.3. The number of methoxy groups -OCH3 is 2. The van der Waals surface area contributed by atoms with E-state index in [0.717, 1.165) is 18.8 Å². The Kier molecular flexibility index (Phi) is 4.17. The molecule has 0 aromatic carbocycles. The molecule has 5 nitrogen and oxygen atoms in total. The third-order valence-electron chi connectivity index (χ3n) is 3.38. The van der Waals surface area contributed by atoms with Gasteiger partial charge in [0.05, 0.1) is 24.5 Å². The average molecular weight is 240 g/mol. The van der Waals surface area contributed by atoms with Gasteiger partial charge in [0.2, 0.25) is 0 Å². The van der Waals surface area contributed by atoms with Crippen LogP contribution in [0.5, 0.6) is 0 Å². The van der Waals surface area contributed by atoms with Crippen LogP contribution in [0.1, 0.15) is 11.8 Å². The van der Waals surface area contributed by atoms with E-state index in [9.17, 15) is 0 Å². The van der Waals surface area contributed by atoms with Crippen LogP contribution in [0.15, 0.2) is 22.8 Å². The Bertz CT molecular complexity index is 317. The molecule has 2 rings (SSSR count). The molecule has 1 aromatic rings. The number of nitrogens with two attached hydrogens (primary N) is 1. The molecule has 1 saturated heterocycles. The molecule has 0 aliphatic carbocycles. The second-order valence-corrected chi connectivity index (χ2v) is 4.27. The molecule has 1 aromatic heterocycles. The molecular weight excluding hydrogens is 220 g/mol. The summed E-state index contributed by atoms with van der Waals surface area (Å²) in [6.45, 7) is 2.16. The molecule has 3 unspecified atom stereocenters. The Morgan fingerprint density at radius 1 is 1.41 bits per heavy atom. The third-order valence-corrected chi connectivity index (χ3v) is 3.38. The summed E-state index contributed by atoms with van der Waals surface area (Å²) in [6.07, 6.45) is 1.88. The summed E-state index contributed by atoms with van der Waals surface area (Å²) in [5.41, 5.74) is 5.83. The molecule has 17 heavy (non-hydrogen) atoms. The van der Waals surface area contributed by atoms with E-state index in [1.165, 1.54) is 0 Å². The second kappa shape index (κ2) is 5.64. The lowest BCUT2D eigenvalue weighted by atomic mass is 10.2. The molecule has 0 spiro atoms. The van der Waals surface area contributed by atoms with Crippen LogP contribution in [0, 0.1) is 0 Å². The molecule has 1 aliphatic heterocycles. The Morgan fingerprint density at radius 2 is 2.06 bits per heavy atom. The summed E-state index contributed by atoms with van der Waals surface area (Å²) in [6, 6.07) is 3.94. The molecule has 1 aliphatic rings. The van der Waals surface area contributed by atoms with E-state index >= 15 is 0 Å². The van der Waals surface area contributed by atoms with E-state index in [-0.39, 0.29) is 18.2 Å². The second-order valence-electron chi connectivity index (χ2n) is 4.27. The minimum Gasteiger partial charge on any atom is -0.468 e. The first-order valence-electron chi connectivity index (χ1n) is 5.83. The number of hydrogen-bond acceptors (Lipinski definition) is 5. The molecule has 0 amide bonds. The van der Waals surface area contributed by atoms with Crippen LogP contribution in [0.25, 0.3) is 0 Å². The van der Waals surface area contributed by atoms with Crippen molar-refractivity contribution in [2.45, 2.75) is 18.2 Å². The summed E-state index contributed by atoms with van der Waals surface area (Å²) in [7, 11) is 3.43. The van der Waals surface area contributed by atoms with Gasteiger partial charge in [-0.2, -0.15) is 0 Å². The highest BCUT2D eigenvalue weighted by Gasteiger charge is 2.37. The van der Waals surface area contributed by atoms with Gasteiger partial charge in [-0.1, -0.05) is 0 Å². The lowest BCUT2D eigenvalue weighted by molar-refractivity contribution is -0.00461. The van der Waals surface area contributed by atoms with Crippen molar-refractivity contribution >= 4 is 0 Å². The normalized spacial score (nSPS) is 27.5. The van der Waals surface area contributed by atoms with Gasteiger partial charge in [-0.25, -0.2) is 0 Å². The number of rotatable bonds is 5. The van der Waals surface area contributed by atoms with Crippen molar-refractivity contribution in [2.24, 2.45) is 5.73 Å². The van der Waals surface area contributed by atoms with Gasteiger partial charge in [-0.05, 0) is 12.1 Å². The Morgan fingerprint density at radius 3 is 2.47 bits per heavy atom. The van der Waals surface area contributed by atoms with E-state index in [0.29, 0.717) is 6.54 Å². The maximum Gasteiger partial charge on any atom is 0.122 e. The number of nitrogens with zero attached hydrogens (tertiary/aromatic N) is 1. The molecule has 2 N–H and O–H groups in total. The largest absolute Gasteiger partial charge is 0.468 e. The van der Waals surface area contributed by atoms with Crippen LogP contribution in [-0.2, 0) is 9.47 Å². The van der Waals surface area contributed by atoms with Crippen LogP contribution in [0.4, 0.5) is 0 Å². The Labute approximate surface area is 101 Å². The smallest absolute Gasteiger partial charge is 0.122 e. The van der Waals surface area contributed by atoms with E-state index in [2.05, 4.69) is 4.90 Å². The minimum atomic E-state index is 0.0998. The molecule has 5 heteroatoms. The Hall–Kier alpha value is -0.880. The van der Waals surface area contributed by atoms with E-state index in [4.69, 9.17) is 19.6 Å². The SMILES string of the molecule is COC1CN(C(CN)c2ccco2)CC1OC. The predicted molar refractivity (Wildman–Crippen MR) is 63.7 cm³/mol. The van der Waals surface area contributed by atoms with Gasteiger partial charge >= 0.3 is 0 Å². The first-order valence-corrected chi connectivity index (χ1v) is 5.83. The summed E-state index contributed by atoms with van der Waals surface area (Å²) >= 11 is 0. The molecule has 2 heterocycles. The van der Waals surface area contributed by atoms with E-state index < -0.39 is 0 Å². The van der Waals surface area contributed by atoms with Crippen LogP contribution >= 0.6 is 0 Å². The average Bonchev–Trinajstić information content (AvgIpc) is 2.99. The highest BCUT2D eigenvalue weighted by atomic mass is 16.5.